The van der Waals surface area contributed by atoms with E-state index in [-0.39, 0.29) is 22.0 Å². The van der Waals surface area contributed by atoms with Gasteiger partial charge in [-0.25, -0.2) is 0 Å². The largest absolute Gasteiger partial charge is 0.397 e. The van der Waals surface area contributed by atoms with E-state index in [2.05, 4.69) is 10.6 Å². The summed E-state index contributed by atoms with van der Waals surface area (Å²) in [4.78, 5) is 24.7. The molecule has 0 radical (unpaired) electrons. The van der Waals surface area contributed by atoms with Crippen molar-refractivity contribution in [3.8, 4) is 0 Å². The normalized spacial score (nSPS) is 10.3. The third-order valence-corrected chi connectivity index (χ3v) is 4.97. The Morgan fingerprint density at radius 3 is 2.71 bits per heavy atom. The Balaban J connectivity index is 2.18. The molecule has 112 valence electrons. The topological polar surface area (TPSA) is 110 Å². The lowest BCUT2D eigenvalue weighted by atomic mass is 10.2. The van der Waals surface area contributed by atoms with Crippen LogP contribution in [-0.2, 0) is 6.42 Å². The second-order valence-corrected chi connectivity index (χ2v) is 6.30. The van der Waals surface area contributed by atoms with Gasteiger partial charge in [0.2, 0.25) is 0 Å². The molecule has 0 saturated heterocycles. The van der Waals surface area contributed by atoms with Gasteiger partial charge in [0.05, 0.1) is 11.3 Å². The van der Waals surface area contributed by atoms with E-state index in [9.17, 15) is 9.59 Å². The van der Waals surface area contributed by atoms with Gasteiger partial charge < -0.3 is 22.1 Å². The first-order chi connectivity index (χ1) is 10.0. The van der Waals surface area contributed by atoms with Crippen molar-refractivity contribution in [3.05, 3.63) is 32.8 Å². The van der Waals surface area contributed by atoms with Crippen LogP contribution in [0.3, 0.4) is 0 Å². The average molecular weight is 324 g/mol. The van der Waals surface area contributed by atoms with Crippen molar-refractivity contribution in [1.82, 2.24) is 5.32 Å². The number of thiophene rings is 2. The molecule has 0 aliphatic carbocycles. The van der Waals surface area contributed by atoms with Crippen molar-refractivity contribution in [2.24, 2.45) is 5.73 Å². The molecule has 2 aromatic heterocycles. The number of amides is 2. The summed E-state index contributed by atoms with van der Waals surface area (Å²) >= 11 is 2.78. The van der Waals surface area contributed by atoms with E-state index >= 15 is 0 Å². The maximum absolute atomic E-state index is 11.9. The van der Waals surface area contributed by atoms with Crippen LogP contribution in [0.5, 0.6) is 0 Å². The van der Waals surface area contributed by atoms with E-state index in [1.807, 2.05) is 17.5 Å². The highest BCUT2D eigenvalue weighted by molar-refractivity contribution is 7.19. The number of rotatable bonds is 6. The standard InChI is InChI=1S/C13H16N4O2S2/c1-16-12(19)8-9(14)10(11(15)18)21-13(8)17-5-4-7-3-2-6-20-7/h2-3,6,17H,4-5,14H2,1H3,(H2,15,18)(H,16,19). The summed E-state index contributed by atoms with van der Waals surface area (Å²) in [7, 11) is 1.51. The molecule has 2 heterocycles. The molecule has 21 heavy (non-hydrogen) atoms. The zero-order valence-electron chi connectivity index (χ0n) is 11.4. The number of anilines is 2. The van der Waals surface area contributed by atoms with Crippen molar-refractivity contribution in [2.45, 2.75) is 6.42 Å². The number of hydrogen-bond acceptors (Lipinski definition) is 6. The first kappa shape index (κ1) is 15.3. The molecule has 0 aliphatic rings. The maximum Gasteiger partial charge on any atom is 0.260 e. The summed E-state index contributed by atoms with van der Waals surface area (Å²) in [5, 5.41) is 8.26. The monoisotopic (exact) mass is 324 g/mol. The molecule has 0 spiro atoms. The van der Waals surface area contributed by atoms with Crippen LogP contribution in [0.1, 0.15) is 24.9 Å². The van der Waals surface area contributed by atoms with Crippen molar-refractivity contribution in [1.29, 1.82) is 0 Å². The summed E-state index contributed by atoms with van der Waals surface area (Å²) < 4.78 is 0. The lowest BCUT2D eigenvalue weighted by Gasteiger charge is -2.06. The average Bonchev–Trinajstić information content (AvgIpc) is 3.06. The Bertz CT molecular complexity index is 649. The summed E-state index contributed by atoms with van der Waals surface area (Å²) in [6.45, 7) is 0.642. The molecule has 2 amide bonds. The molecule has 6 nitrogen and oxygen atoms in total. The third-order valence-electron chi connectivity index (χ3n) is 2.86. The van der Waals surface area contributed by atoms with Crippen LogP contribution in [0.15, 0.2) is 17.5 Å². The molecule has 0 bridgehead atoms. The summed E-state index contributed by atoms with van der Waals surface area (Å²) in [6.07, 6.45) is 0.828. The molecule has 0 unspecified atom stereocenters. The van der Waals surface area contributed by atoms with Gasteiger partial charge >= 0.3 is 0 Å². The number of primary amides is 1. The fraction of sp³-hybridized carbons (Fsp3) is 0.231. The Morgan fingerprint density at radius 2 is 2.14 bits per heavy atom. The van der Waals surface area contributed by atoms with Gasteiger partial charge in [-0.15, -0.1) is 22.7 Å². The molecule has 0 aromatic carbocycles. The molecule has 2 rings (SSSR count). The van der Waals surface area contributed by atoms with Crippen LogP contribution in [0.2, 0.25) is 0 Å². The molecular weight excluding hydrogens is 308 g/mol. The highest BCUT2D eigenvalue weighted by Gasteiger charge is 2.23. The lowest BCUT2D eigenvalue weighted by Crippen LogP contribution is -2.21. The lowest BCUT2D eigenvalue weighted by molar-refractivity contribution is 0.0965. The highest BCUT2D eigenvalue weighted by Crippen LogP contribution is 2.35. The molecular formula is C13H16N4O2S2. The van der Waals surface area contributed by atoms with E-state index < -0.39 is 5.91 Å². The molecule has 0 aliphatic heterocycles. The highest BCUT2D eigenvalue weighted by atomic mass is 32.1. The zero-order chi connectivity index (χ0) is 15.4. The molecule has 6 N–H and O–H groups in total. The van der Waals surface area contributed by atoms with Crippen molar-refractivity contribution in [3.63, 3.8) is 0 Å². The zero-order valence-corrected chi connectivity index (χ0v) is 13.1. The van der Waals surface area contributed by atoms with Crippen LogP contribution >= 0.6 is 22.7 Å². The first-order valence-electron chi connectivity index (χ1n) is 6.25. The second-order valence-electron chi connectivity index (χ2n) is 4.25. The van der Waals surface area contributed by atoms with Gasteiger partial charge in [-0.05, 0) is 17.9 Å². The molecule has 0 fully saturated rings. The van der Waals surface area contributed by atoms with Gasteiger partial charge in [-0.2, -0.15) is 0 Å². The van der Waals surface area contributed by atoms with Gasteiger partial charge in [-0.3, -0.25) is 9.59 Å². The van der Waals surface area contributed by atoms with E-state index in [0.29, 0.717) is 11.5 Å². The first-order valence-corrected chi connectivity index (χ1v) is 7.94. The van der Waals surface area contributed by atoms with E-state index in [0.717, 1.165) is 17.8 Å². The predicted molar refractivity (Wildman–Crippen MR) is 87.2 cm³/mol. The quantitative estimate of drug-likeness (QED) is 0.645. The van der Waals surface area contributed by atoms with Crippen LogP contribution < -0.4 is 22.1 Å². The Labute approximate surface area is 130 Å². The summed E-state index contributed by atoms with van der Waals surface area (Å²) in [6, 6.07) is 4.04. The van der Waals surface area contributed by atoms with Gasteiger partial charge in [0.25, 0.3) is 11.8 Å². The van der Waals surface area contributed by atoms with Crippen molar-refractivity contribution >= 4 is 45.2 Å². The number of hydrogen-bond donors (Lipinski definition) is 4. The Hall–Kier alpha value is -2.06. The van der Waals surface area contributed by atoms with Gasteiger partial charge in [0.1, 0.15) is 9.88 Å². The molecule has 2 aromatic rings. The number of nitrogens with two attached hydrogens (primary N) is 2. The molecule has 8 heteroatoms. The Kier molecular flexibility index (Phi) is 4.81. The SMILES string of the molecule is CNC(=O)c1c(NCCc2cccs2)sc(C(N)=O)c1N. The number of carbonyl (C=O) groups excluding carboxylic acids is 2. The number of carbonyl (C=O) groups is 2. The van der Waals surface area contributed by atoms with Crippen molar-refractivity contribution < 1.29 is 9.59 Å². The maximum atomic E-state index is 11.9. The van der Waals surface area contributed by atoms with Crippen LogP contribution in [0, 0.1) is 0 Å². The van der Waals surface area contributed by atoms with E-state index in [1.54, 1.807) is 11.3 Å². The fourth-order valence-electron chi connectivity index (χ4n) is 1.86. The van der Waals surface area contributed by atoms with Crippen molar-refractivity contribution in [2.75, 3.05) is 24.6 Å². The van der Waals surface area contributed by atoms with Gasteiger partial charge in [0.15, 0.2) is 0 Å². The minimum atomic E-state index is -0.631. The fourth-order valence-corrected chi connectivity index (χ4v) is 3.56. The van der Waals surface area contributed by atoms with Gasteiger partial charge in [-0.1, -0.05) is 6.07 Å². The predicted octanol–water partition coefficient (Wildman–Crippen LogP) is 1.50. The van der Waals surface area contributed by atoms with E-state index in [4.69, 9.17) is 11.5 Å². The van der Waals surface area contributed by atoms with Gasteiger partial charge in [0, 0.05) is 18.5 Å². The summed E-state index contributed by atoms with van der Waals surface area (Å²) in [5.74, 6) is -0.969. The number of nitrogen functional groups attached to an aromatic ring is 1. The Morgan fingerprint density at radius 1 is 1.38 bits per heavy atom. The van der Waals surface area contributed by atoms with Crippen LogP contribution in [0.4, 0.5) is 10.7 Å². The van der Waals surface area contributed by atoms with E-state index in [1.165, 1.54) is 11.9 Å². The number of nitrogens with one attached hydrogen (secondary N) is 2. The van der Waals surface area contributed by atoms with Crippen LogP contribution in [-0.4, -0.2) is 25.4 Å². The molecule has 0 atom stereocenters. The minimum Gasteiger partial charge on any atom is -0.397 e. The minimum absolute atomic E-state index is 0.130. The molecule has 0 saturated carbocycles. The summed E-state index contributed by atoms with van der Waals surface area (Å²) in [5.41, 5.74) is 11.5. The smallest absolute Gasteiger partial charge is 0.260 e. The second kappa shape index (κ2) is 6.59. The van der Waals surface area contributed by atoms with Crippen LogP contribution in [0.25, 0.3) is 0 Å². The third kappa shape index (κ3) is 3.34.